The Morgan fingerprint density at radius 1 is 1.23 bits per heavy atom. The predicted octanol–water partition coefficient (Wildman–Crippen LogP) is 2.65. The zero-order valence-corrected chi connectivity index (χ0v) is 14.0. The van der Waals surface area contributed by atoms with E-state index in [9.17, 15) is 8.42 Å². The number of hydrogen-bond donors (Lipinski definition) is 0. The van der Waals surface area contributed by atoms with Gasteiger partial charge in [-0.2, -0.15) is 12.8 Å². The van der Waals surface area contributed by atoms with E-state index in [4.69, 9.17) is 0 Å². The lowest BCUT2D eigenvalue weighted by molar-refractivity contribution is 0.142. The van der Waals surface area contributed by atoms with Crippen LogP contribution in [0.3, 0.4) is 0 Å². The van der Waals surface area contributed by atoms with Gasteiger partial charge in [-0.05, 0) is 45.4 Å². The number of likely N-dealkylation sites (N-methyl/N-ethyl adjacent to an activating group) is 1. The molecule has 5 heteroatoms. The van der Waals surface area contributed by atoms with Gasteiger partial charge >= 0.3 is 0 Å². The predicted molar refractivity (Wildman–Crippen MR) is 88.6 cm³/mol. The highest BCUT2D eigenvalue weighted by molar-refractivity contribution is 7.90. The standard InChI is InChI=1S/C17H22N2O2S/c1-12-4-7-15(8-5-12)22(20,21)18-13(2)16-10-14-6-9-17(16)19(3)11-14/h4-9,14,16-17H,10-11H2,1-3H3. The summed E-state index contributed by atoms with van der Waals surface area (Å²) >= 11 is 0. The molecule has 2 aliphatic heterocycles. The van der Waals surface area contributed by atoms with Crippen LogP contribution in [0.5, 0.6) is 0 Å². The van der Waals surface area contributed by atoms with Gasteiger partial charge in [0.15, 0.2) is 0 Å². The lowest BCUT2D eigenvalue weighted by Gasteiger charge is -2.44. The van der Waals surface area contributed by atoms with Crippen LogP contribution in [0.2, 0.25) is 0 Å². The second-order valence-electron chi connectivity index (χ2n) is 6.44. The summed E-state index contributed by atoms with van der Waals surface area (Å²) in [5.41, 5.74) is 1.75. The van der Waals surface area contributed by atoms with Crippen molar-refractivity contribution in [1.29, 1.82) is 0 Å². The molecule has 0 N–H and O–H groups in total. The van der Waals surface area contributed by atoms with Crippen LogP contribution in [0.25, 0.3) is 0 Å². The number of piperidine rings is 1. The quantitative estimate of drug-likeness (QED) is 0.636. The summed E-state index contributed by atoms with van der Waals surface area (Å²) in [6.07, 6.45) is 5.44. The van der Waals surface area contributed by atoms with Crippen LogP contribution in [0.1, 0.15) is 18.9 Å². The monoisotopic (exact) mass is 318 g/mol. The zero-order chi connectivity index (χ0) is 15.9. The highest BCUT2D eigenvalue weighted by Crippen LogP contribution is 2.34. The van der Waals surface area contributed by atoms with Crippen LogP contribution >= 0.6 is 0 Å². The van der Waals surface area contributed by atoms with E-state index in [1.807, 2.05) is 13.8 Å². The van der Waals surface area contributed by atoms with Gasteiger partial charge in [-0.3, -0.25) is 4.90 Å². The van der Waals surface area contributed by atoms with Crippen molar-refractivity contribution in [2.45, 2.75) is 31.2 Å². The minimum absolute atomic E-state index is 0.189. The van der Waals surface area contributed by atoms with Crippen molar-refractivity contribution in [3.63, 3.8) is 0 Å². The van der Waals surface area contributed by atoms with Crippen molar-refractivity contribution in [1.82, 2.24) is 4.90 Å². The molecule has 0 aromatic heterocycles. The Labute approximate surface area is 132 Å². The molecule has 118 valence electrons. The number of hydrogen-bond acceptors (Lipinski definition) is 3. The zero-order valence-electron chi connectivity index (χ0n) is 13.2. The average Bonchev–Trinajstić information content (AvgIpc) is 2.47. The lowest BCUT2D eigenvalue weighted by atomic mass is 9.76. The molecule has 2 heterocycles. The van der Waals surface area contributed by atoms with Gasteiger partial charge in [0.25, 0.3) is 10.0 Å². The number of nitrogens with zero attached hydrogens (tertiary/aromatic N) is 2. The maximum Gasteiger partial charge on any atom is 0.282 e. The van der Waals surface area contributed by atoms with E-state index in [-0.39, 0.29) is 16.9 Å². The topological polar surface area (TPSA) is 49.7 Å². The lowest BCUT2D eigenvalue weighted by Crippen LogP contribution is -2.50. The minimum atomic E-state index is -3.61. The van der Waals surface area contributed by atoms with E-state index in [2.05, 4.69) is 28.5 Å². The maximum absolute atomic E-state index is 12.5. The number of fused-ring (bicyclic) bond motifs is 2. The van der Waals surface area contributed by atoms with Crippen LogP contribution in [0, 0.1) is 18.8 Å². The van der Waals surface area contributed by atoms with Crippen molar-refractivity contribution in [2.24, 2.45) is 16.2 Å². The minimum Gasteiger partial charge on any atom is -0.299 e. The molecule has 0 spiro atoms. The van der Waals surface area contributed by atoms with Crippen LogP contribution in [-0.2, 0) is 10.0 Å². The molecular weight excluding hydrogens is 296 g/mol. The molecule has 0 radical (unpaired) electrons. The number of aryl methyl sites for hydroxylation is 1. The molecular formula is C17H22N2O2S. The van der Waals surface area contributed by atoms with Crippen molar-refractivity contribution < 1.29 is 8.42 Å². The molecule has 2 bridgehead atoms. The van der Waals surface area contributed by atoms with E-state index in [0.29, 0.717) is 11.6 Å². The second-order valence-corrected chi connectivity index (χ2v) is 8.04. The molecule has 0 amide bonds. The van der Waals surface area contributed by atoms with E-state index in [0.717, 1.165) is 18.5 Å². The first-order chi connectivity index (χ1) is 10.4. The molecule has 3 aliphatic rings. The van der Waals surface area contributed by atoms with Gasteiger partial charge in [0.2, 0.25) is 0 Å². The molecule has 1 saturated heterocycles. The fraction of sp³-hybridized carbons (Fsp3) is 0.471. The van der Waals surface area contributed by atoms with Crippen molar-refractivity contribution in [3.8, 4) is 0 Å². The van der Waals surface area contributed by atoms with Gasteiger partial charge in [0.1, 0.15) is 0 Å². The Kier molecular flexibility index (Phi) is 3.95. The third-order valence-corrected chi connectivity index (χ3v) is 6.10. The summed E-state index contributed by atoms with van der Waals surface area (Å²) in [5.74, 6) is 0.696. The first-order valence-electron chi connectivity index (χ1n) is 7.63. The Balaban J connectivity index is 1.88. The normalized spacial score (nSPS) is 29.0. The molecule has 1 aromatic rings. The smallest absolute Gasteiger partial charge is 0.282 e. The summed E-state index contributed by atoms with van der Waals surface area (Å²) in [4.78, 5) is 2.55. The number of rotatable bonds is 3. The van der Waals surface area contributed by atoms with Crippen LogP contribution in [-0.4, -0.2) is 38.7 Å². The summed E-state index contributed by atoms with van der Waals surface area (Å²) < 4.78 is 29.0. The van der Waals surface area contributed by atoms with Gasteiger partial charge in [-0.1, -0.05) is 29.8 Å². The van der Waals surface area contributed by atoms with Crippen molar-refractivity contribution >= 4 is 15.7 Å². The molecule has 4 rings (SSSR count). The first-order valence-corrected chi connectivity index (χ1v) is 9.07. The molecule has 0 saturated carbocycles. The van der Waals surface area contributed by atoms with Gasteiger partial charge in [0.05, 0.1) is 4.90 Å². The molecule has 1 fully saturated rings. The first kappa shape index (κ1) is 15.4. The van der Waals surface area contributed by atoms with Crippen molar-refractivity contribution in [3.05, 3.63) is 42.0 Å². The number of benzene rings is 1. The summed E-state index contributed by atoms with van der Waals surface area (Å²) in [7, 11) is -1.52. The molecule has 22 heavy (non-hydrogen) atoms. The molecule has 1 aromatic carbocycles. The second kappa shape index (κ2) is 5.63. The Morgan fingerprint density at radius 3 is 2.50 bits per heavy atom. The van der Waals surface area contributed by atoms with Crippen LogP contribution in [0.15, 0.2) is 45.7 Å². The Morgan fingerprint density at radius 2 is 1.91 bits per heavy atom. The third-order valence-electron chi connectivity index (χ3n) is 4.70. The molecule has 1 aliphatic carbocycles. The van der Waals surface area contributed by atoms with Gasteiger partial charge < -0.3 is 0 Å². The molecule has 3 unspecified atom stereocenters. The van der Waals surface area contributed by atoms with Gasteiger partial charge in [0, 0.05) is 24.2 Å². The summed E-state index contributed by atoms with van der Waals surface area (Å²) in [5, 5.41) is 0. The largest absolute Gasteiger partial charge is 0.299 e. The highest BCUT2D eigenvalue weighted by Gasteiger charge is 2.37. The van der Waals surface area contributed by atoms with E-state index < -0.39 is 10.0 Å². The van der Waals surface area contributed by atoms with Crippen LogP contribution in [0.4, 0.5) is 0 Å². The Bertz CT molecular complexity index is 720. The SMILES string of the molecule is CC(=NS(=O)(=O)c1ccc(C)cc1)C1CC2C=CC1N(C)C2. The maximum atomic E-state index is 12.5. The van der Waals surface area contributed by atoms with Crippen LogP contribution < -0.4 is 0 Å². The van der Waals surface area contributed by atoms with E-state index in [1.54, 1.807) is 24.3 Å². The Hall–Kier alpha value is -1.46. The summed E-state index contributed by atoms with van der Waals surface area (Å²) in [6.45, 7) is 4.83. The van der Waals surface area contributed by atoms with Crippen molar-refractivity contribution in [2.75, 3.05) is 13.6 Å². The van der Waals surface area contributed by atoms with Gasteiger partial charge in [-0.15, -0.1) is 0 Å². The third kappa shape index (κ3) is 2.88. The van der Waals surface area contributed by atoms with E-state index in [1.165, 1.54) is 0 Å². The highest BCUT2D eigenvalue weighted by atomic mass is 32.2. The molecule has 3 atom stereocenters. The molecule has 4 nitrogen and oxygen atoms in total. The fourth-order valence-corrected chi connectivity index (χ4v) is 4.57. The van der Waals surface area contributed by atoms with Gasteiger partial charge in [-0.25, -0.2) is 0 Å². The summed E-state index contributed by atoms with van der Waals surface area (Å²) in [6, 6.07) is 7.12. The van der Waals surface area contributed by atoms with E-state index >= 15 is 0 Å². The fourth-order valence-electron chi connectivity index (χ4n) is 3.47. The average molecular weight is 318 g/mol. The number of sulfonamides is 1.